The number of unbranched alkanes of at least 4 members (excludes halogenated alkanes) is 2. The molecule has 3 nitrogen and oxygen atoms in total. The lowest BCUT2D eigenvalue weighted by Gasteiger charge is -2.06. The van der Waals surface area contributed by atoms with Gasteiger partial charge in [-0.15, -0.1) is 0 Å². The molecule has 3 heteroatoms. The summed E-state index contributed by atoms with van der Waals surface area (Å²) in [6.45, 7) is 4.62. The molecule has 1 aromatic rings. The molecule has 0 fully saturated rings. The van der Waals surface area contributed by atoms with Gasteiger partial charge in [-0.2, -0.15) is 0 Å². The first-order valence-corrected chi connectivity index (χ1v) is 6.19. The molecule has 0 heterocycles. The molecule has 0 unspecified atom stereocenters. The minimum Gasteiger partial charge on any atom is -0.434 e. The van der Waals surface area contributed by atoms with Gasteiger partial charge in [0, 0.05) is 0 Å². The van der Waals surface area contributed by atoms with E-state index in [2.05, 4.69) is 13.8 Å². The van der Waals surface area contributed by atoms with Gasteiger partial charge in [-0.3, -0.25) is 0 Å². The van der Waals surface area contributed by atoms with Crippen LogP contribution in [0.5, 0.6) is 5.75 Å². The fourth-order valence-electron chi connectivity index (χ4n) is 1.43. The van der Waals surface area contributed by atoms with E-state index < -0.39 is 6.16 Å². The van der Waals surface area contributed by atoms with Gasteiger partial charge in [-0.05, 0) is 30.5 Å². The van der Waals surface area contributed by atoms with E-state index in [0.717, 1.165) is 25.7 Å². The lowest BCUT2D eigenvalue weighted by Crippen LogP contribution is -2.11. The maximum Gasteiger partial charge on any atom is 0.513 e. The van der Waals surface area contributed by atoms with Crippen molar-refractivity contribution >= 4 is 6.16 Å². The van der Waals surface area contributed by atoms with Crippen molar-refractivity contribution in [3.63, 3.8) is 0 Å². The molecule has 0 spiro atoms. The molecule has 17 heavy (non-hydrogen) atoms. The topological polar surface area (TPSA) is 35.5 Å². The average molecular weight is 236 g/mol. The molecule has 0 aliphatic carbocycles. The van der Waals surface area contributed by atoms with Gasteiger partial charge in [0.1, 0.15) is 5.75 Å². The fraction of sp³-hybridized carbons (Fsp3) is 0.500. The summed E-state index contributed by atoms with van der Waals surface area (Å²) in [6, 6.07) is 7.46. The van der Waals surface area contributed by atoms with E-state index in [1.165, 1.54) is 5.56 Å². The van der Waals surface area contributed by atoms with Crippen LogP contribution >= 0.6 is 0 Å². The van der Waals surface area contributed by atoms with Crippen LogP contribution in [0.4, 0.5) is 4.79 Å². The van der Waals surface area contributed by atoms with Gasteiger partial charge >= 0.3 is 6.16 Å². The molecule has 0 aromatic heterocycles. The lowest BCUT2D eigenvalue weighted by atomic mass is 10.2. The van der Waals surface area contributed by atoms with Crippen molar-refractivity contribution in [1.82, 2.24) is 0 Å². The first-order valence-electron chi connectivity index (χ1n) is 6.19. The molecule has 0 amide bonds. The number of carbonyl (C=O) groups excluding carboxylic acids is 1. The number of rotatable bonds is 6. The standard InChI is InChI=1S/C14H20O3/c1-3-5-6-11-16-14(15)17-13-9-7-12(4-2)8-10-13/h7-10H,3-6,11H2,1-2H3. The van der Waals surface area contributed by atoms with Crippen LogP contribution in [-0.4, -0.2) is 12.8 Å². The Bertz CT molecular complexity index is 330. The van der Waals surface area contributed by atoms with E-state index in [0.29, 0.717) is 12.4 Å². The lowest BCUT2D eigenvalue weighted by molar-refractivity contribution is 0.0974. The van der Waals surface area contributed by atoms with Crippen LogP contribution in [0.15, 0.2) is 24.3 Å². The highest BCUT2D eigenvalue weighted by atomic mass is 16.7. The Kier molecular flexibility index (Phi) is 6.15. The molecular weight excluding hydrogens is 216 g/mol. The molecule has 0 aliphatic rings. The summed E-state index contributed by atoms with van der Waals surface area (Å²) in [5, 5.41) is 0. The predicted molar refractivity (Wildman–Crippen MR) is 67.3 cm³/mol. The SMILES string of the molecule is CCCCCOC(=O)Oc1ccc(CC)cc1. The molecule has 94 valence electrons. The van der Waals surface area contributed by atoms with E-state index in [1.54, 1.807) is 12.1 Å². The Morgan fingerprint density at radius 3 is 2.41 bits per heavy atom. The zero-order valence-corrected chi connectivity index (χ0v) is 10.6. The minimum atomic E-state index is -0.620. The largest absolute Gasteiger partial charge is 0.513 e. The summed E-state index contributed by atoms with van der Waals surface area (Å²) in [4.78, 5) is 11.3. The van der Waals surface area contributed by atoms with Crippen molar-refractivity contribution in [2.75, 3.05) is 6.61 Å². The van der Waals surface area contributed by atoms with Crippen molar-refractivity contribution in [3.8, 4) is 5.75 Å². The van der Waals surface area contributed by atoms with E-state index in [-0.39, 0.29) is 0 Å². The van der Waals surface area contributed by atoms with Crippen LogP contribution in [0.25, 0.3) is 0 Å². The Labute approximate surface area is 103 Å². The maximum absolute atomic E-state index is 11.3. The van der Waals surface area contributed by atoms with Crippen LogP contribution in [-0.2, 0) is 11.2 Å². The van der Waals surface area contributed by atoms with Gasteiger partial charge < -0.3 is 9.47 Å². The summed E-state index contributed by atoms with van der Waals surface area (Å²) < 4.78 is 9.98. The van der Waals surface area contributed by atoms with Gasteiger partial charge in [-0.25, -0.2) is 4.79 Å². The highest BCUT2D eigenvalue weighted by Crippen LogP contribution is 2.13. The van der Waals surface area contributed by atoms with Gasteiger partial charge in [0.2, 0.25) is 0 Å². The number of carbonyl (C=O) groups is 1. The number of ether oxygens (including phenoxy) is 2. The van der Waals surface area contributed by atoms with Crippen molar-refractivity contribution in [1.29, 1.82) is 0 Å². The third-order valence-electron chi connectivity index (χ3n) is 2.50. The minimum absolute atomic E-state index is 0.430. The highest BCUT2D eigenvalue weighted by Gasteiger charge is 2.05. The number of hydrogen-bond acceptors (Lipinski definition) is 3. The summed E-state index contributed by atoms with van der Waals surface area (Å²) in [5.74, 6) is 0.530. The fourth-order valence-corrected chi connectivity index (χ4v) is 1.43. The quantitative estimate of drug-likeness (QED) is 0.426. The molecule has 0 bridgehead atoms. The number of aryl methyl sites for hydroxylation is 1. The Hall–Kier alpha value is -1.51. The van der Waals surface area contributed by atoms with E-state index >= 15 is 0 Å². The highest BCUT2D eigenvalue weighted by molar-refractivity contribution is 5.63. The number of hydrogen-bond donors (Lipinski definition) is 0. The second-order valence-corrected chi connectivity index (χ2v) is 3.91. The monoisotopic (exact) mass is 236 g/mol. The Morgan fingerprint density at radius 2 is 1.82 bits per heavy atom. The molecule has 0 saturated heterocycles. The molecule has 1 rings (SSSR count). The van der Waals surface area contributed by atoms with Crippen LogP contribution in [0.1, 0.15) is 38.7 Å². The van der Waals surface area contributed by atoms with Gasteiger partial charge in [-0.1, -0.05) is 38.8 Å². The second kappa shape index (κ2) is 7.71. The molecule has 0 saturated carbocycles. The zero-order chi connectivity index (χ0) is 12.5. The van der Waals surface area contributed by atoms with Gasteiger partial charge in [0.05, 0.1) is 6.61 Å². The van der Waals surface area contributed by atoms with E-state index in [1.807, 2.05) is 12.1 Å². The molecule has 1 aromatic carbocycles. The zero-order valence-electron chi connectivity index (χ0n) is 10.6. The molecule has 0 atom stereocenters. The van der Waals surface area contributed by atoms with Crippen LogP contribution < -0.4 is 4.74 Å². The van der Waals surface area contributed by atoms with Crippen molar-refractivity contribution < 1.29 is 14.3 Å². The molecule has 0 radical (unpaired) electrons. The van der Waals surface area contributed by atoms with Crippen LogP contribution in [0.2, 0.25) is 0 Å². The molecular formula is C14H20O3. The van der Waals surface area contributed by atoms with Crippen LogP contribution in [0, 0.1) is 0 Å². The average Bonchev–Trinajstić information content (AvgIpc) is 2.36. The Morgan fingerprint density at radius 1 is 1.12 bits per heavy atom. The molecule has 0 N–H and O–H groups in total. The first kappa shape index (κ1) is 13.6. The first-order chi connectivity index (χ1) is 8.26. The number of benzene rings is 1. The van der Waals surface area contributed by atoms with E-state index in [9.17, 15) is 4.79 Å². The normalized spacial score (nSPS) is 10.0. The maximum atomic E-state index is 11.3. The van der Waals surface area contributed by atoms with Crippen molar-refractivity contribution in [3.05, 3.63) is 29.8 Å². The van der Waals surface area contributed by atoms with Gasteiger partial charge in [0.15, 0.2) is 0 Å². The van der Waals surface area contributed by atoms with Crippen molar-refractivity contribution in [2.24, 2.45) is 0 Å². The third-order valence-corrected chi connectivity index (χ3v) is 2.50. The van der Waals surface area contributed by atoms with Crippen molar-refractivity contribution in [2.45, 2.75) is 39.5 Å². The Balaban J connectivity index is 2.29. The summed E-state index contributed by atoms with van der Waals surface area (Å²) in [6.07, 6.45) is 3.42. The summed E-state index contributed by atoms with van der Waals surface area (Å²) in [7, 11) is 0. The molecule has 0 aliphatic heterocycles. The summed E-state index contributed by atoms with van der Waals surface area (Å²) >= 11 is 0. The smallest absolute Gasteiger partial charge is 0.434 e. The van der Waals surface area contributed by atoms with Gasteiger partial charge in [0.25, 0.3) is 0 Å². The third kappa shape index (κ3) is 5.38. The predicted octanol–water partition coefficient (Wildman–Crippen LogP) is 3.95. The second-order valence-electron chi connectivity index (χ2n) is 3.91. The van der Waals surface area contributed by atoms with Crippen LogP contribution in [0.3, 0.4) is 0 Å². The summed E-state index contributed by atoms with van der Waals surface area (Å²) in [5.41, 5.74) is 1.22. The van der Waals surface area contributed by atoms with E-state index in [4.69, 9.17) is 9.47 Å².